The number of ketones is 1. The Hall–Kier alpha value is -1.62. The highest BCUT2D eigenvalue weighted by atomic mass is 16.1. The predicted molar refractivity (Wildman–Crippen MR) is 52.6 cm³/mol. The van der Waals surface area contributed by atoms with Crippen molar-refractivity contribution < 1.29 is 4.79 Å². The fourth-order valence-electron chi connectivity index (χ4n) is 1.73. The molecule has 0 bridgehead atoms. The number of Topliss-reactive ketones (excluding diaryl/α,β-unsaturated/α-hetero) is 1. The molecule has 1 aromatic rings. The molecule has 0 aliphatic heterocycles. The summed E-state index contributed by atoms with van der Waals surface area (Å²) in [7, 11) is 0. The van der Waals surface area contributed by atoms with Gasteiger partial charge < -0.3 is 0 Å². The minimum Gasteiger partial charge on any atom is -0.294 e. The Morgan fingerprint density at radius 2 is 2.14 bits per heavy atom. The van der Waals surface area contributed by atoms with Crippen LogP contribution < -0.4 is 0 Å². The number of hydrogen-bond donors (Lipinski definition) is 0. The third kappa shape index (κ3) is 1.67. The fourth-order valence-corrected chi connectivity index (χ4v) is 1.73. The molecule has 70 valence electrons. The van der Waals surface area contributed by atoms with Crippen molar-refractivity contribution >= 4 is 5.78 Å². The minimum absolute atomic E-state index is 0.108. The standard InChI is InChI=1S/C12H11NO/c13-7-6-10-8-11(10)12(14)9-4-2-1-3-5-9/h1-5,10-11H,6,8H2/t10-,11-/m0/s1. The molecule has 0 unspecified atom stereocenters. The molecular weight excluding hydrogens is 174 g/mol. The first-order valence-electron chi connectivity index (χ1n) is 4.79. The van der Waals surface area contributed by atoms with Gasteiger partial charge in [-0.2, -0.15) is 5.26 Å². The number of benzene rings is 1. The van der Waals surface area contributed by atoms with E-state index in [1.54, 1.807) is 0 Å². The average molecular weight is 185 g/mol. The topological polar surface area (TPSA) is 40.9 Å². The third-order valence-corrected chi connectivity index (χ3v) is 2.67. The summed E-state index contributed by atoms with van der Waals surface area (Å²) >= 11 is 0. The third-order valence-electron chi connectivity index (χ3n) is 2.67. The second kappa shape index (κ2) is 3.63. The number of hydrogen-bond acceptors (Lipinski definition) is 2. The Labute approximate surface area is 83.2 Å². The molecule has 0 radical (unpaired) electrons. The van der Waals surface area contributed by atoms with Crippen LogP contribution >= 0.6 is 0 Å². The van der Waals surface area contributed by atoms with Gasteiger partial charge in [-0.1, -0.05) is 30.3 Å². The molecule has 0 aromatic heterocycles. The van der Waals surface area contributed by atoms with Crippen LogP contribution in [0.4, 0.5) is 0 Å². The zero-order valence-electron chi connectivity index (χ0n) is 7.81. The molecule has 2 heteroatoms. The van der Waals surface area contributed by atoms with Gasteiger partial charge in [-0.15, -0.1) is 0 Å². The highest BCUT2D eigenvalue weighted by molar-refractivity contribution is 5.99. The molecule has 2 rings (SSSR count). The van der Waals surface area contributed by atoms with Gasteiger partial charge in [0.1, 0.15) is 0 Å². The van der Waals surface area contributed by atoms with Crippen molar-refractivity contribution in [3.8, 4) is 6.07 Å². The summed E-state index contributed by atoms with van der Waals surface area (Å²) in [6.07, 6.45) is 1.41. The van der Waals surface area contributed by atoms with E-state index in [0.29, 0.717) is 12.3 Å². The van der Waals surface area contributed by atoms with Gasteiger partial charge in [0.25, 0.3) is 0 Å². The van der Waals surface area contributed by atoms with Crippen molar-refractivity contribution in [2.24, 2.45) is 11.8 Å². The first-order valence-corrected chi connectivity index (χ1v) is 4.79. The SMILES string of the molecule is N#CC[C@H]1C[C@@H]1C(=O)c1ccccc1. The summed E-state index contributed by atoms with van der Waals surface area (Å²) in [5, 5.41) is 8.49. The second-order valence-corrected chi connectivity index (χ2v) is 3.69. The summed E-state index contributed by atoms with van der Waals surface area (Å²) < 4.78 is 0. The quantitative estimate of drug-likeness (QED) is 0.678. The smallest absolute Gasteiger partial charge is 0.166 e. The van der Waals surface area contributed by atoms with E-state index in [2.05, 4.69) is 6.07 Å². The average Bonchev–Trinajstić information content (AvgIpc) is 2.98. The van der Waals surface area contributed by atoms with E-state index in [1.165, 1.54) is 0 Å². The Morgan fingerprint density at radius 3 is 2.79 bits per heavy atom. The molecule has 0 amide bonds. The van der Waals surface area contributed by atoms with Gasteiger partial charge in [-0.05, 0) is 12.3 Å². The normalized spacial score (nSPS) is 23.9. The van der Waals surface area contributed by atoms with Crippen LogP contribution in [0.15, 0.2) is 30.3 Å². The van der Waals surface area contributed by atoms with Gasteiger partial charge in [-0.25, -0.2) is 0 Å². The molecule has 1 fully saturated rings. The van der Waals surface area contributed by atoms with E-state index >= 15 is 0 Å². The van der Waals surface area contributed by atoms with E-state index in [4.69, 9.17) is 5.26 Å². The van der Waals surface area contributed by atoms with Crippen LogP contribution in [-0.2, 0) is 0 Å². The highest BCUT2D eigenvalue weighted by Gasteiger charge is 2.42. The lowest BCUT2D eigenvalue weighted by Crippen LogP contribution is -2.02. The summed E-state index contributed by atoms with van der Waals surface area (Å²) in [6, 6.07) is 11.4. The van der Waals surface area contributed by atoms with Gasteiger partial charge >= 0.3 is 0 Å². The van der Waals surface area contributed by atoms with E-state index in [9.17, 15) is 4.79 Å². The van der Waals surface area contributed by atoms with Crippen molar-refractivity contribution in [2.75, 3.05) is 0 Å². The largest absolute Gasteiger partial charge is 0.294 e. The lowest BCUT2D eigenvalue weighted by Gasteiger charge is -1.97. The van der Waals surface area contributed by atoms with Crippen LogP contribution in [0.2, 0.25) is 0 Å². The predicted octanol–water partition coefficient (Wildman–Crippen LogP) is 2.42. The summed E-state index contributed by atoms with van der Waals surface area (Å²) in [4.78, 5) is 11.8. The summed E-state index contributed by atoms with van der Waals surface area (Å²) in [5.74, 6) is 0.621. The molecule has 14 heavy (non-hydrogen) atoms. The van der Waals surface area contributed by atoms with Crippen molar-refractivity contribution in [2.45, 2.75) is 12.8 Å². The van der Waals surface area contributed by atoms with Gasteiger partial charge in [0.05, 0.1) is 6.07 Å². The van der Waals surface area contributed by atoms with Crippen molar-refractivity contribution in [3.63, 3.8) is 0 Å². The number of nitrogens with zero attached hydrogens (tertiary/aromatic N) is 1. The van der Waals surface area contributed by atoms with Crippen LogP contribution in [0.3, 0.4) is 0 Å². The molecule has 0 saturated heterocycles. The molecule has 1 aromatic carbocycles. The fraction of sp³-hybridized carbons (Fsp3) is 0.333. The highest BCUT2D eigenvalue weighted by Crippen LogP contribution is 2.43. The van der Waals surface area contributed by atoms with Gasteiger partial charge in [-0.3, -0.25) is 4.79 Å². The van der Waals surface area contributed by atoms with Crippen LogP contribution in [-0.4, -0.2) is 5.78 Å². The Bertz CT molecular complexity index is 377. The minimum atomic E-state index is 0.108. The van der Waals surface area contributed by atoms with E-state index in [0.717, 1.165) is 12.0 Å². The molecule has 1 aliphatic carbocycles. The van der Waals surface area contributed by atoms with E-state index in [-0.39, 0.29) is 11.7 Å². The lowest BCUT2D eigenvalue weighted by molar-refractivity contribution is 0.0961. The molecule has 2 nitrogen and oxygen atoms in total. The van der Waals surface area contributed by atoms with Crippen LogP contribution in [0.25, 0.3) is 0 Å². The van der Waals surface area contributed by atoms with Gasteiger partial charge in [0, 0.05) is 17.9 Å². The number of rotatable bonds is 3. The maximum atomic E-state index is 11.8. The molecule has 2 atom stereocenters. The first kappa shape index (κ1) is 8.96. The number of carbonyl (C=O) groups excluding carboxylic acids is 1. The second-order valence-electron chi connectivity index (χ2n) is 3.69. The van der Waals surface area contributed by atoms with Crippen LogP contribution in [0.5, 0.6) is 0 Å². The maximum Gasteiger partial charge on any atom is 0.166 e. The molecule has 0 spiro atoms. The van der Waals surface area contributed by atoms with Gasteiger partial charge in [0.2, 0.25) is 0 Å². The summed E-state index contributed by atoms with van der Waals surface area (Å²) in [5.41, 5.74) is 0.776. The van der Waals surface area contributed by atoms with Crippen LogP contribution in [0.1, 0.15) is 23.2 Å². The molecular formula is C12H11NO. The van der Waals surface area contributed by atoms with Crippen molar-refractivity contribution in [3.05, 3.63) is 35.9 Å². The molecule has 1 saturated carbocycles. The van der Waals surface area contributed by atoms with Crippen molar-refractivity contribution in [1.82, 2.24) is 0 Å². The van der Waals surface area contributed by atoms with E-state index < -0.39 is 0 Å². The van der Waals surface area contributed by atoms with Crippen LogP contribution in [0, 0.1) is 23.2 Å². The lowest BCUT2D eigenvalue weighted by atomic mass is 10.1. The zero-order valence-corrected chi connectivity index (χ0v) is 7.81. The monoisotopic (exact) mass is 185 g/mol. The van der Waals surface area contributed by atoms with E-state index in [1.807, 2.05) is 30.3 Å². The summed E-state index contributed by atoms with van der Waals surface area (Å²) in [6.45, 7) is 0. The molecule has 0 N–H and O–H groups in total. The van der Waals surface area contributed by atoms with Crippen molar-refractivity contribution in [1.29, 1.82) is 5.26 Å². The Morgan fingerprint density at radius 1 is 1.43 bits per heavy atom. The zero-order chi connectivity index (χ0) is 9.97. The molecule has 0 heterocycles. The van der Waals surface area contributed by atoms with Gasteiger partial charge in [0.15, 0.2) is 5.78 Å². The number of carbonyl (C=O) groups is 1. The molecule has 1 aliphatic rings. The maximum absolute atomic E-state index is 11.8. The Kier molecular flexibility index (Phi) is 2.32. The Balaban J connectivity index is 2.03. The first-order chi connectivity index (χ1) is 6.83. The number of nitriles is 1.